The van der Waals surface area contributed by atoms with Gasteiger partial charge in [-0.2, -0.15) is 0 Å². The fraction of sp³-hybridized carbons (Fsp3) is 0.759. The summed E-state index contributed by atoms with van der Waals surface area (Å²) in [6.45, 7) is 3.88. The van der Waals surface area contributed by atoms with Crippen molar-refractivity contribution in [1.29, 1.82) is 0 Å². The van der Waals surface area contributed by atoms with Crippen molar-refractivity contribution in [1.82, 2.24) is 10.0 Å². The van der Waals surface area contributed by atoms with Crippen LogP contribution < -0.4 is 14.8 Å². The average molecular weight is 606 g/mol. The molecule has 4 aliphatic rings. The Bertz CT molecular complexity index is 1090. The monoisotopic (exact) mass is 604 g/mol. The molecule has 1 amide bonds. The van der Waals surface area contributed by atoms with Gasteiger partial charge in [0.1, 0.15) is 11.6 Å². The number of hydrogen-bond acceptors (Lipinski definition) is 4. The van der Waals surface area contributed by atoms with Crippen molar-refractivity contribution in [3.63, 3.8) is 0 Å². The van der Waals surface area contributed by atoms with E-state index < -0.39 is 32.2 Å². The summed E-state index contributed by atoms with van der Waals surface area (Å²) >= 11 is 12.1. The maximum absolute atomic E-state index is 13.8. The third-order valence-electron chi connectivity index (χ3n) is 8.98. The van der Waals surface area contributed by atoms with E-state index in [0.29, 0.717) is 38.0 Å². The molecule has 2 bridgehead atoms. The molecule has 5 rings (SSSR count). The predicted octanol–water partition coefficient (Wildman–Crippen LogP) is 6.73. The molecule has 1 aromatic rings. The molecule has 3 unspecified atom stereocenters. The molecule has 4 aliphatic carbocycles. The second kappa shape index (κ2) is 12.8. The van der Waals surface area contributed by atoms with Crippen LogP contribution in [0.25, 0.3) is 0 Å². The van der Waals surface area contributed by atoms with Gasteiger partial charge in [0.25, 0.3) is 5.91 Å². The first-order valence-electron chi connectivity index (χ1n) is 14.5. The van der Waals surface area contributed by atoms with Gasteiger partial charge < -0.3 is 10.1 Å². The lowest BCUT2D eigenvalue weighted by atomic mass is 9.44. The number of nitrogens with one attached hydrogen (secondary N) is 2. The van der Waals surface area contributed by atoms with Gasteiger partial charge in [0.15, 0.2) is 6.61 Å². The Morgan fingerprint density at radius 3 is 2.41 bits per heavy atom. The van der Waals surface area contributed by atoms with Gasteiger partial charge in [-0.15, -0.1) is 11.6 Å². The standard InChI is InChI=1S/C29H43Cl2FN2O4S/c1-3-22(30)10-13-26(20(2)14-21-8-6-4-5-7-9-21)39(36,37)34-29-17-28(18-29,19-29)33-27(35)16-38-23-11-12-24(31)25(32)15-23/h11-12,15,20-22,26,34H,3-10,13-14,16-19H2,1-2H3,(H,33,35). The van der Waals surface area contributed by atoms with Crippen LogP contribution in [0.1, 0.15) is 97.3 Å². The SMILES string of the molecule is CCC(Cl)CCC(C(C)CC1CCCCCC1)S(=O)(=O)NC12CC(NC(=O)COc3ccc(Cl)c(F)c3)(C1)C2. The van der Waals surface area contributed by atoms with Crippen molar-refractivity contribution in [3.05, 3.63) is 29.0 Å². The molecule has 0 aromatic heterocycles. The quantitative estimate of drug-likeness (QED) is 0.182. The van der Waals surface area contributed by atoms with E-state index in [2.05, 4.69) is 17.0 Å². The van der Waals surface area contributed by atoms with E-state index in [0.717, 1.165) is 18.9 Å². The van der Waals surface area contributed by atoms with E-state index in [1.54, 1.807) is 0 Å². The van der Waals surface area contributed by atoms with Gasteiger partial charge in [0.2, 0.25) is 10.0 Å². The Balaban J connectivity index is 1.30. The first kappa shape index (κ1) is 30.9. The molecule has 3 atom stereocenters. The minimum absolute atomic E-state index is 0.0117. The number of amides is 1. The molecule has 220 valence electrons. The molecule has 39 heavy (non-hydrogen) atoms. The van der Waals surface area contributed by atoms with Crippen LogP contribution in [0.5, 0.6) is 5.75 Å². The lowest BCUT2D eigenvalue weighted by Crippen LogP contribution is -2.84. The van der Waals surface area contributed by atoms with Crippen LogP contribution in [-0.2, 0) is 14.8 Å². The lowest BCUT2D eigenvalue weighted by Gasteiger charge is -2.70. The van der Waals surface area contributed by atoms with Crippen LogP contribution >= 0.6 is 23.2 Å². The fourth-order valence-corrected chi connectivity index (χ4v) is 9.41. The van der Waals surface area contributed by atoms with Crippen LogP contribution in [-0.4, -0.2) is 42.6 Å². The molecular formula is C29H43Cl2FN2O4S. The lowest BCUT2D eigenvalue weighted by molar-refractivity contribution is -0.139. The Kier molecular flexibility index (Phi) is 10.2. The summed E-state index contributed by atoms with van der Waals surface area (Å²) < 4.78 is 49.6. The van der Waals surface area contributed by atoms with E-state index in [1.807, 2.05) is 6.92 Å². The Labute approximate surface area is 243 Å². The van der Waals surface area contributed by atoms with Gasteiger partial charge >= 0.3 is 0 Å². The second-order valence-corrected chi connectivity index (χ2v) is 15.3. The average Bonchev–Trinajstić information content (AvgIpc) is 3.11. The molecule has 10 heteroatoms. The summed E-state index contributed by atoms with van der Waals surface area (Å²) in [7, 11) is -3.57. The van der Waals surface area contributed by atoms with Crippen LogP contribution in [0.3, 0.4) is 0 Å². The van der Waals surface area contributed by atoms with Gasteiger partial charge in [-0.3, -0.25) is 4.79 Å². The number of sulfonamides is 1. The molecule has 0 saturated heterocycles. The highest BCUT2D eigenvalue weighted by Gasteiger charge is 2.70. The number of alkyl halides is 1. The van der Waals surface area contributed by atoms with E-state index >= 15 is 0 Å². The van der Waals surface area contributed by atoms with Gasteiger partial charge in [0, 0.05) is 22.5 Å². The number of carbonyl (C=O) groups is 1. The number of ether oxygens (including phenoxy) is 1. The highest BCUT2D eigenvalue weighted by Crippen LogP contribution is 2.60. The largest absolute Gasteiger partial charge is 0.484 e. The van der Waals surface area contributed by atoms with Crippen molar-refractivity contribution in [2.24, 2.45) is 11.8 Å². The third kappa shape index (κ3) is 7.81. The highest BCUT2D eigenvalue weighted by atomic mass is 35.5. The van der Waals surface area contributed by atoms with Crippen LogP contribution in [0.2, 0.25) is 5.02 Å². The summed E-state index contributed by atoms with van der Waals surface area (Å²) in [5, 5.41) is 2.49. The Hall–Kier alpha value is -1.09. The van der Waals surface area contributed by atoms with E-state index in [4.69, 9.17) is 27.9 Å². The number of benzene rings is 1. The number of halogens is 3. The van der Waals surface area contributed by atoms with Gasteiger partial charge in [-0.25, -0.2) is 17.5 Å². The number of rotatable bonds is 14. The summed E-state index contributed by atoms with van der Waals surface area (Å²) in [6.07, 6.45) is 12.1. The van der Waals surface area contributed by atoms with Crippen molar-refractivity contribution < 1.29 is 22.3 Å². The molecule has 6 nitrogen and oxygen atoms in total. The molecule has 0 heterocycles. The zero-order chi connectivity index (χ0) is 28.3. The molecule has 4 fully saturated rings. The third-order valence-corrected chi connectivity index (χ3v) is 12.0. The van der Waals surface area contributed by atoms with E-state index in [-0.39, 0.29) is 34.6 Å². The summed E-state index contributed by atoms with van der Waals surface area (Å²) in [4.78, 5) is 12.5. The molecule has 0 aliphatic heterocycles. The van der Waals surface area contributed by atoms with Crippen molar-refractivity contribution >= 4 is 39.1 Å². The molecule has 4 saturated carbocycles. The Morgan fingerprint density at radius 2 is 1.79 bits per heavy atom. The van der Waals surface area contributed by atoms with Crippen molar-refractivity contribution in [2.45, 2.75) is 119 Å². The minimum atomic E-state index is -3.57. The second-order valence-electron chi connectivity index (χ2n) is 12.3. The summed E-state index contributed by atoms with van der Waals surface area (Å²) in [5.74, 6) is -0.0500. The maximum atomic E-state index is 13.8. The summed E-state index contributed by atoms with van der Waals surface area (Å²) in [6, 6.07) is 4.02. The molecule has 0 spiro atoms. The van der Waals surface area contributed by atoms with Gasteiger partial charge in [-0.05, 0) is 68.9 Å². The summed E-state index contributed by atoms with van der Waals surface area (Å²) in [5.41, 5.74) is -0.892. The number of hydrogen-bond donors (Lipinski definition) is 2. The molecule has 2 N–H and O–H groups in total. The zero-order valence-electron chi connectivity index (χ0n) is 23.1. The molecular weight excluding hydrogens is 562 g/mol. The number of carbonyl (C=O) groups excluding carboxylic acids is 1. The van der Waals surface area contributed by atoms with Crippen molar-refractivity contribution in [2.75, 3.05) is 6.61 Å². The highest BCUT2D eigenvalue weighted by molar-refractivity contribution is 7.90. The fourth-order valence-electron chi connectivity index (χ4n) is 7.03. The van der Waals surface area contributed by atoms with Crippen LogP contribution in [0.15, 0.2) is 18.2 Å². The first-order chi connectivity index (χ1) is 18.4. The van der Waals surface area contributed by atoms with E-state index in [9.17, 15) is 17.6 Å². The van der Waals surface area contributed by atoms with Crippen LogP contribution in [0.4, 0.5) is 4.39 Å². The van der Waals surface area contributed by atoms with Crippen LogP contribution in [0, 0.1) is 17.7 Å². The normalized spacial score (nSPS) is 27.4. The maximum Gasteiger partial charge on any atom is 0.258 e. The van der Waals surface area contributed by atoms with E-state index in [1.165, 1.54) is 50.7 Å². The van der Waals surface area contributed by atoms with Gasteiger partial charge in [0.05, 0.1) is 10.3 Å². The smallest absolute Gasteiger partial charge is 0.258 e. The zero-order valence-corrected chi connectivity index (χ0v) is 25.4. The topological polar surface area (TPSA) is 84.5 Å². The minimum Gasteiger partial charge on any atom is -0.484 e. The first-order valence-corrected chi connectivity index (χ1v) is 16.9. The van der Waals surface area contributed by atoms with Crippen molar-refractivity contribution in [3.8, 4) is 5.75 Å². The van der Waals surface area contributed by atoms with Gasteiger partial charge in [-0.1, -0.05) is 64.0 Å². The molecule has 1 aromatic carbocycles. The molecule has 0 radical (unpaired) electrons. The predicted molar refractivity (Wildman–Crippen MR) is 154 cm³/mol. The Morgan fingerprint density at radius 1 is 1.13 bits per heavy atom.